The number of carbonyl (C=O) groups is 2. The van der Waals surface area contributed by atoms with Gasteiger partial charge >= 0.3 is 0 Å². The summed E-state index contributed by atoms with van der Waals surface area (Å²) in [6, 6.07) is 11.7. The van der Waals surface area contributed by atoms with E-state index < -0.39 is 5.91 Å². The maximum absolute atomic E-state index is 11.9. The zero-order valence-corrected chi connectivity index (χ0v) is 15.9. The fraction of sp³-hybridized carbons (Fsp3) is 0.273. The molecule has 146 valence electrons. The van der Waals surface area contributed by atoms with Crippen LogP contribution in [0.5, 0.6) is 0 Å². The maximum Gasteiger partial charge on any atom is 0.271 e. The predicted octanol–water partition coefficient (Wildman–Crippen LogP) is 3.10. The van der Waals surface area contributed by atoms with E-state index in [0.29, 0.717) is 17.6 Å². The van der Waals surface area contributed by atoms with Crippen molar-refractivity contribution in [1.29, 1.82) is 0 Å². The van der Waals surface area contributed by atoms with Crippen LogP contribution < -0.4 is 16.4 Å². The zero-order chi connectivity index (χ0) is 20.0. The first-order valence-corrected chi connectivity index (χ1v) is 9.86. The molecule has 2 amide bonds. The van der Waals surface area contributed by atoms with E-state index in [0.717, 1.165) is 46.6 Å². The number of nitrogens with two attached hydrogens (primary N) is 1. The van der Waals surface area contributed by atoms with E-state index in [-0.39, 0.29) is 11.6 Å². The quantitative estimate of drug-likeness (QED) is 0.602. The van der Waals surface area contributed by atoms with Gasteiger partial charge in [0.05, 0.1) is 17.6 Å². The summed E-state index contributed by atoms with van der Waals surface area (Å²) < 4.78 is 0. The Balaban J connectivity index is 1.56. The van der Waals surface area contributed by atoms with Gasteiger partial charge in [0.15, 0.2) is 5.69 Å². The molecule has 0 atom stereocenters. The van der Waals surface area contributed by atoms with Gasteiger partial charge in [-0.25, -0.2) is 0 Å². The van der Waals surface area contributed by atoms with E-state index in [9.17, 15) is 9.59 Å². The molecule has 29 heavy (non-hydrogen) atoms. The topological polar surface area (TPSA) is 110 Å². The third kappa shape index (κ3) is 3.29. The number of amides is 2. The maximum atomic E-state index is 11.9. The number of hydrogen-bond donors (Lipinski definition) is 3. The van der Waals surface area contributed by atoms with Crippen molar-refractivity contribution in [3.05, 3.63) is 47.7 Å². The lowest BCUT2D eigenvalue weighted by atomic mass is 9.96. The molecule has 1 aliphatic carbocycles. The summed E-state index contributed by atoms with van der Waals surface area (Å²) >= 11 is 0. The van der Waals surface area contributed by atoms with Crippen molar-refractivity contribution >= 4 is 34.1 Å². The highest BCUT2D eigenvalue weighted by molar-refractivity contribution is 6.06. The second-order valence-electron chi connectivity index (χ2n) is 7.74. The number of aromatic nitrogens is 2. The molecule has 7 nitrogen and oxygen atoms in total. The molecule has 1 fully saturated rings. The summed E-state index contributed by atoms with van der Waals surface area (Å²) in [4.78, 5) is 23.7. The van der Waals surface area contributed by atoms with Gasteiger partial charge in [0, 0.05) is 17.6 Å². The Kier molecular flexibility index (Phi) is 4.16. The summed E-state index contributed by atoms with van der Waals surface area (Å²) in [5.74, 6) is 0.188. The molecule has 1 aromatic heterocycles. The number of primary amides is 1. The standard InChI is InChI=1S/C22H21N5O2/c23-22(29)21-20(24-9-8-12-4-5-12)15-7-6-13(10-18(15)26-27-21)14-2-1-3-17-16(14)11-19(28)25-17/h1-3,6-7,10,12H,4-5,8-9,11H2,(H2,23,29)(H,24,26)(H,25,28). The van der Waals surface area contributed by atoms with E-state index in [1.54, 1.807) is 0 Å². The van der Waals surface area contributed by atoms with Crippen LogP contribution in [0.2, 0.25) is 0 Å². The van der Waals surface area contributed by atoms with Crippen LogP contribution in [0.4, 0.5) is 11.4 Å². The highest BCUT2D eigenvalue weighted by Gasteiger charge is 2.23. The van der Waals surface area contributed by atoms with Gasteiger partial charge in [0.1, 0.15) is 0 Å². The highest BCUT2D eigenvalue weighted by Crippen LogP contribution is 2.36. The van der Waals surface area contributed by atoms with E-state index in [1.165, 1.54) is 12.8 Å². The summed E-state index contributed by atoms with van der Waals surface area (Å²) in [7, 11) is 0. The van der Waals surface area contributed by atoms with Gasteiger partial charge in [0.25, 0.3) is 5.91 Å². The SMILES string of the molecule is NC(=O)c1nnc2cc(-c3cccc4c3CC(=O)N4)ccc2c1NCCC1CC1. The van der Waals surface area contributed by atoms with E-state index >= 15 is 0 Å². The molecule has 4 N–H and O–H groups in total. The summed E-state index contributed by atoms with van der Waals surface area (Å²) in [5.41, 5.74) is 10.8. The Morgan fingerprint density at radius 1 is 1.21 bits per heavy atom. The molecule has 2 heterocycles. The molecule has 2 aromatic carbocycles. The van der Waals surface area contributed by atoms with Crippen molar-refractivity contribution in [1.82, 2.24) is 10.2 Å². The molecule has 2 aliphatic rings. The van der Waals surface area contributed by atoms with Crippen molar-refractivity contribution in [3.8, 4) is 11.1 Å². The van der Waals surface area contributed by atoms with Crippen LogP contribution in [0.1, 0.15) is 35.3 Å². The fourth-order valence-corrected chi connectivity index (χ4v) is 3.95. The lowest BCUT2D eigenvalue weighted by Gasteiger charge is -2.13. The van der Waals surface area contributed by atoms with Gasteiger partial charge in [-0.2, -0.15) is 0 Å². The Hall–Kier alpha value is -3.48. The number of hydrogen-bond acceptors (Lipinski definition) is 5. The number of anilines is 2. The predicted molar refractivity (Wildman–Crippen MR) is 112 cm³/mol. The van der Waals surface area contributed by atoms with Gasteiger partial charge < -0.3 is 16.4 Å². The molecule has 7 heteroatoms. The largest absolute Gasteiger partial charge is 0.383 e. The zero-order valence-electron chi connectivity index (χ0n) is 15.9. The number of fused-ring (bicyclic) bond motifs is 2. The fourth-order valence-electron chi connectivity index (χ4n) is 3.95. The van der Waals surface area contributed by atoms with Crippen LogP contribution in [-0.2, 0) is 11.2 Å². The first-order valence-electron chi connectivity index (χ1n) is 9.86. The first-order chi connectivity index (χ1) is 14.1. The second kappa shape index (κ2) is 6.84. The lowest BCUT2D eigenvalue weighted by molar-refractivity contribution is -0.115. The van der Waals surface area contributed by atoms with Gasteiger partial charge in [-0.05, 0) is 47.2 Å². The molecule has 0 saturated heterocycles. The Morgan fingerprint density at radius 2 is 2.07 bits per heavy atom. The van der Waals surface area contributed by atoms with Crippen LogP contribution in [0.3, 0.4) is 0 Å². The molecule has 5 rings (SSSR count). The van der Waals surface area contributed by atoms with Crippen molar-refractivity contribution in [2.75, 3.05) is 17.2 Å². The van der Waals surface area contributed by atoms with Crippen LogP contribution in [0, 0.1) is 5.92 Å². The Labute approximate surface area is 167 Å². The number of benzene rings is 2. The third-order valence-corrected chi connectivity index (χ3v) is 5.64. The summed E-state index contributed by atoms with van der Waals surface area (Å²) in [6.45, 7) is 0.771. The number of rotatable bonds is 6. The third-order valence-electron chi connectivity index (χ3n) is 5.64. The van der Waals surface area contributed by atoms with Crippen molar-refractivity contribution in [2.24, 2.45) is 11.7 Å². The van der Waals surface area contributed by atoms with Crippen LogP contribution in [0.25, 0.3) is 22.0 Å². The second-order valence-corrected chi connectivity index (χ2v) is 7.74. The van der Waals surface area contributed by atoms with Crippen LogP contribution in [0.15, 0.2) is 36.4 Å². The molecular weight excluding hydrogens is 366 g/mol. The lowest BCUT2D eigenvalue weighted by Crippen LogP contribution is -2.18. The van der Waals surface area contributed by atoms with E-state index in [2.05, 4.69) is 20.8 Å². The minimum Gasteiger partial charge on any atom is -0.383 e. The normalized spacial score (nSPS) is 15.2. The molecular formula is C22H21N5O2. The number of carbonyl (C=O) groups excluding carboxylic acids is 2. The number of nitrogens with one attached hydrogen (secondary N) is 2. The van der Waals surface area contributed by atoms with E-state index in [4.69, 9.17) is 5.73 Å². The van der Waals surface area contributed by atoms with Crippen molar-refractivity contribution in [3.63, 3.8) is 0 Å². The molecule has 0 spiro atoms. The summed E-state index contributed by atoms with van der Waals surface area (Å²) in [6.07, 6.45) is 3.99. The van der Waals surface area contributed by atoms with E-state index in [1.807, 2.05) is 36.4 Å². The Morgan fingerprint density at radius 3 is 2.86 bits per heavy atom. The Bertz CT molecular complexity index is 1150. The average Bonchev–Trinajstić information content (AvgIpc) is 3.45. The molecule has 1 saturated carbocycles. The van der Waals surface area contributed by atoms with Gasteiger partial charge in [-0.1, -0.05) is 31.0 Å². The minimum absolute atomic E-state index is 0.00118. The number of nitrogens with zero attached hydrogens (tertiary/aromatic N) is 2. The highest BCUT2D eigenvalue weighted by atomic mass is 16.2. The molecule has 0 bridgehead atoms. The molecule has 0 radical (unpaired) electrons. The molecule has 1 aliphatic heterocycles. The van der Waals surface area contributed by atoms with Gasteiger partial charge in [-0.15, -0.1) is 10.2 Å². The van der Waals surface area contributed by atoms with Gasteiger partial charge in [0.2, 0.25) is 5.91 Å². The molecule has 3 aromatic rings. The summed E-state index contributed by atoms with van der Waals surface area (Å²) in [5, 5.41) is 15.4. The smallest absolute Gasteiger partial charge is 0.271 e. The van der Waals surface area contributed by atoms with Crippen molar-refractivity contribution < 1.29 is 9.59 Å². The van der Waals surface area contributed by atoms with Crippen LogP contribution >= 0.6 is 0 Å². The average molecular weight is 387 g/mol. The molecule has 0 unspecified atom stereocenters. The monoisotopic (exact) mass is 387 g/mol. The first kappa shape index (κ1) is 17.6. The van der Waals surface area contributed by atoms with Gasteiger partial charge in [-0.3, -0.25) is 9.59 Å². The van der Waals surface area contributed by atoms with Crippen LogP contribution in [-0.4, -0.2) is 28.6 Å². The minimum atomic E-state index is -0.595. The van der Waals surface area contributed by atoms with Crippen molar-refractivity contribution in [2.45, 2.75) is 25.7 Å².